The van der Waals surface area contributed by atoms with Gasteiger partial charge in [-0.05, 0) is 54.2 Å². The van der Waals surface area contributed by atoms with Crippen LogP contribution in [0.25, 0.3) is 0 Å². The first-order valence-corrected chi connectivity index (χ1v) is 11.5. The van der Waals surface area contributed by atoms with Crippen LogP contribution in [-0.4, -0.2) is 35.8 Å². The fraction of sp³-hybridized carbons (Fsp3) is 0.333. The summed E-state index contributed by atoms with van der Waals surface area (Å²) in [5, 5.41) is 12.9. The van der Waals surface area contributed by atoms with Crippen LogP contribution < -0.4 is 14.8 Å². The number of aliphatic carboxylic acids is 1. The average molecular weight is 445 g/mol. The average Bonchev–Trinajstić information content (AvgIpc) is 3.33. The molecule has 2 unspecified atom stereocenters. The predicted octanol–water partition coefficient (Wildman–Crippen LogP) is 4.80. The van der Waals surface area contributed by atoms with Crippen molar-refractivity contribution < 1.29 is 19.4 Å². The number of rotatable bonds is 10. The number of hydrogen-bond acceptors (Lipinski definition) is 5. The van der Waals surface area contributed by atoms with E-state index in [0.717, 1.165) is 54.3 Å². The van der Waals surface area contributed by atoms with Gasteiger partial charge in [-0.2, -0.15) is 0 Å². The van der Waals surface area contributed by atoms with Crippen LogP contribution in [0, 0.1) is 0 Å². The lowest BCUT2D eigenvalue weighted by Crippen LogP contribution is -2.16. The lowest BCUT2D eigenvalue weighted by atomic mass is 9.86. The van der Waals surface area contributed by atoms with Crippen molar-refractivity contribution in [2.75, 3.05) is 25.1 Å². The molecule has 33 heavy (non-hydrogen) atoms. The van der Waals surface area contributed by atoms with Crippen molar-refractivity contribution in [3.05, 3.63) is 83.6 Å². The Hall–Kier alpha value is -3.54. The van der Waals surface area contributed by atoms with E-state index < -0.39 is 11.4 Å². The number of fused-ring (bicyclic) bond motifs is 1. The summed E-state index contributed by atoms with van der Waals surface area (Å²) in [5.41, 5.74) is 2.98. The Bertz CT molecular complexity index is 1120. The van der Waals surface area contributed by atoms with Crippen molar-refractivity contribution in [3.63, 3.8) is 0 Å². The lowest BCUT2D eigenvalue weighted by Gasteiger charge is -2.19. The third kappa shape index (κ3) is 4.51. The number of para-hydroxylation sites is 1. The van der Waals surface area contributed by atoms with Gasteiger partial charge in [-0.3, -0.25) is 4.79 Å². The van der Waals surface area contributed by atoms with Gasteiger partial charge < -0.3 is 19.9 Å². The van der Waals surface area contributed by atoms with Gasteiger partial charge in [0.05, 0.1) is 19.6 Å². The maximum absolute atomic E-state index is 11.8. The van der Waals surface area contributed by atoms with E-state index in [1.54, 1.807) is 6.20 Å². The van der Waals surface area contributed by atoms with Gasteiger partial charge in [-0.25, -0.2) is 4.98 Å². The number of benzene rings is 2. The van der Waals surface area contributed by atoms with E-state index in [1.165, 1.54) is 5.56 Å². The van der Waals surface area contributed by atoms with E-state index in [4.69, 9.17) is 9.47 Å². The van der Waals surface area contributed by atoms with E-state index in [-0.39, 0.29) is 12.3 Å². The zero-order chi connectivity index (χ0) is 22.7. The summed E-state index contributed by atoms with van der Waals surface area (Å²) in [6.07, 6.45) is 4.45. The summed E-state index contributed by atoms with van der Waals surface area (Å²) >= 11 is 0. The molecule has 2 N–H and O–H groups in total. The number of ether oxygens (including phenoxy) is 2. The van der Waals surface area contributed by atoms with Gasteiger partial charge in [-0.1, -0.05) is 36.4 Å². The molecule has 1 saturated carbocycles. The van der Waals surface area contributed by atoms with Crippen LogP contribution in [0.15, 0.2) is 66.9 Å². The number of nitrogens with one attached hydrogen (secondary N) is 1. The highest BCUT2D eigenvalue weighted by atomic mass is 16.5. The first kappa shape index (κ1) is 21.3. The summed E-state index contributed by atoms with van der Waals surface area (Å²) in [4.78, 5) is 16.0. The molecule has 3 aromatic rings. The molecule has 6 nitrogen and oxygen atoms in total. The molecule has 2 atom stereocenters. The number of carboxylic acids is 1. The number of carbonyl (C=O) groups is 1. The molecule has 1 fully saturated rings. The molecule has 1 aliphatic heterocycles. The standard InChI is InChI=1S/C27H28N2O4/c30-25(31)18-27(22-6-3-5-20-12-16-33-26(20)22)17-23(27)19-8-10-21(11-9-19)32-15-4-14-29-24-7-1-2-13-28-24/h1-3,5-11,13,23H,4,12,14-18H2,(H,28,29)(H,30,31). The summed E-state index contributed by atoms with van der Waals surface area (Å²) < 4.78 is 11.8. The number of aromatic nitrogens is 1. The van der Waals surface area contributed by atoms with Gasteiger partial charge in [0, 0.05) is 30.1 Å². The molecule has 5 rings (SSSR count). The lowest BCUT2D eigenvalue weighted by molar-refractivity contribution is -0.137. The Morgan fingerprint density at radius 3 is 2.82 bits per heavy atom. The number of nitrogens with zero attached hydrogens (tertiary/aromatic N) is 1. The fourth-order valence-corrected chi connectivity index (χ4v) is 4.95. The number of carboxylic acid groups (broad SMARTS) is 1. The Morgan fingerprint density at radius 2 is 2.03 bits per heavy atom. The van der Waals surface area contributed by atoms with Crippen LogP contribution in [0.2, 0.25) is 0 Å². The molecule has 0 spiro atoms. The van der Waals surface area contributed by atoms with Crippen molar-refractivity contribution in [3.8, 4) is 11.5 Å². The predicted molar refractivity (Wildman–Crippen MR) is 126 cm³/mol. The molecule has 170 valence electrons. The van der Waals surface area contributed by atoms with Crippen molar-refractivity contribution in [1.82, 2.24) is 4.98 Å². The van der Waals surface area contributed by atoms with Crippen molar-refractivity contribution >= 4 is 11.8 Å². The van der Waals surface area contributed by atoms with Gasteiger partial charge in [0.15, 0.2) is 0 Å². The molecule has 0 amide bonds. The molecule has 1 aliphatic carbocycles. The number of hydrogen-bond donors (Lipinski definition) is 2. The van der Waals surface area contributed by atoms with E-state index in [2.05, 4.69) is 28.5 Å². The molecule has 2 heterocycles. The zero-order valence-corrected chi connectivity index (χ0v) is 18.5. The first-order chi connectivity index (χ1) is 16.2. The third-order valence-electron chi connectivity index (χ3n) is 6.64. The smallest absolute Gasteiger partial charge is 0.304 e. The minimum Gasteiger partial charge on any atom is -0.494 e. The topological polar surface area (TPSA) is 80.7 Å². The molecule has 2 aromatic carbocycles. The Balaban J connectivity index is 1.21. The van der Waals surface area contributed by atoms with Crippen LogP contribution in [0.5, 0.6) is 11.5 Å². The monoisotopic (exact) mass is 444 g/mol. The molecule has 1 aromatic heterocycles. The van der Waals surface area contributed by atoms with Gasteiger partial charge in [0.2, 0.25) is 0 Å². The SMILES string of the molecule is O=C(O)CC1(c2cccc3c2OCC3)CC1c1ccc(OCCCNc2ccccn2)cc1. The second-order valence-corrected chi connectivity index (χ2v) is 8.79. The van der Waals surface area contributed by atoms with E-state index in [0.29, 0.717) is 13.2 Å². The summed E-state index contributed by atoms with van der Waals surface area (Å²) in [5.74, 6) is 1.99. The van der Waals surface area contributed by atoms with Crippen molar-refractivity contribution in [2.45, 2.75) is 37.0 Å². The highest BCUT2D eigenvalue weighted by Crippen LogP contribution is 2.65. The fourth-order valence-electron chi connectivity index (χ4n) is 4.95. The molecular formula is C27H28N2O4. The molecule has 2 aliphatic rings. The maximum Gasteiger partial charge on any atom is 0.304 e. The Kier molecular flexibility index (Phi) is 5.90. The van der Waals surface area contributed by atoms with Gasteiger partial charge in [0.25, 0.3) is 0 Å². The second kappa shape index (κ2) is 9.14. The van der Waals surface area contributed by atoms with Crippen molar-refractivity contribution in [1.29, 1.82) is 0 Å². The highest BCUT2D eigenvalue weighted by Gasteiger charge is 2.58. The third-order valence-corrected chi connectivity index (χ3v) is 6.64. The largest absolute Gasteiger partial charge is 0.494 e. The summed E-state index contributed by atoms with van der Waals surface area (Å²) in [6.45, 7) is 2.07. The number of pyridine rings is 1. The summed E-state index contributed by atoms with van der Waals surface area (Å²) in [7, 11) is 0. The van der Waals surface area contributed by atoms with Crippen LogP contribution in [0.1, 0.15) is 41.9 Å². The highest BCUT2D eigenvalue weighted by molar-refractivity contribution is 5.72. The van der Waals surface area contributed by atoms with E-state index >= 15 is 0 Å². The normalized spacial score (nSPS) is 20.5. The van der Waals surface area contributed by atoms with Crippen LogP contribution >= 0.6 is 0 Å². The van der Waals surface area contributed by atoms with Gasteiger partial charge >= 0.3 is 5.97 Å². The number of anilines is 1. The minimum absolute atomic E-state index is 0.110. The minimum atomic E-state index is -0.771. The second-order valence-electron chi connectivity index (χ2n) is 8.79. The molecule has 0 saturated heterocycles. The molecular weight excluding hydrogens is 416 g/mol. The Labute approximate surface area is 193 Å². The molecule has 0 radical (unpaired) electrons. The summed E-state index contributed by atoms with van der Waals surface area (Å²) in [6, 6.07) is 20.1. The zero-order valence-electron chi connectivity index (χ0n) is 18.5. The van der Waals surface area contributed by atoms with E-state index in [1.807, 2.05) is 42.5 Å². The molecule has 6 heteroatoms. The van der Waals surface area contributed by atoms with Crippen LogP contribution in [-0.2, 0) is 16.6 Å². The maximum atomic E-state index is 11.8. The van der Waals surface area contributed by atoms with Crippen LogP contribution in [0.4, 0.5) is 5.82 Å². The quantitative estimate of drug-likeness (QED) is 0.438. The van der Waals surface area contributed by atoms with Gasteiger partial charge in [-0.15, -0.1) is 0 Å². The first-order valence-electron chi connectivity index (χ1n) is 11.5. The Morgan fingerprint density at radius 1 is 1.15 bits per heavy atom. The van der Waals surface area contributed by atoms with Gasteiger partial charge in [0.1, 0.15) is 17.3 Å². The van der Waals surface area contributed by atoms with Crippen molar-refractivity contribution in [2.24, 2.45) is 0 Å². The van der Waals surface area contributed by atoms with E-state index in [9.17, 15) is 9.90 Å². The van der Waals surface area contributed by atoms with Crippen LogP contribution in [0.3, 0.4) is 0 Å². The molecule has 0 bridgehead atoms.